The molecule has 0 radical (unpaired) electrons. The molecule has 0 spiro atoms. The number of carbonyl (C=O) groups is 2. The zero-order valence-electron chi connectivity index (χ0n) is 16.3. The zero-order chi connectivity index (χ0) is 20.9. The fourth-order valence-electron chi connectivity index (χ4n) is 3.14. The molecule has 8 heteroatoms. The highest BCUT2D eigenvalue weighted by Crippen LogP contribution is 2.35. The van der Waals surface area contributed by atoms with E-state index in [0.717, 1.165) is 21.0 Å². The van der Waals surface area contributed by atoms with Crippen LogP contribution in [0.25, 0.3) is 0 Å². The summed E-state index contributed by atoms with van der Waals surface area (Å²) in [5, 5.41) is 9.95. The summed E-state index contributed by atoms with van der Waals surface area (Å²) in [5.41, 5.74) is 1.79. The van der Waals surface area contributed by atoms with Gasteiger partial charge < -0.3 is 9.47 Å². The lowest BCUT2D eigenvalue weighted by Gasteiger charge is -2.20. The van der Waals surface area contributed by atoms with Gasteiger partial charge in [-0.15, -0.1) is 22.7 Å². The van der Waals surface area contributed by atoms with Gasteiger partial charge in [0.2, 0.25) is 0 Å². The number of hydrazone groups is 1. The second kappa shape index (κ2) is 9.23. The van der Waals surface area contributed by atoms with Gasteiger partial charge in [0.25, 0.3) is 5.91 Å². The molecule has 0 aliphatic carbocycles. The van der Waals surface area contributed by atoms with E-state index in [1.54, 1.807) is 28.7 Å². The van der Waals surface area contributed by atoms with Gasteiger partial charge in [-0.3, -0.25) is 4.79 Å². The number of rotatable bonds is 7. The van der Waals surface area contributed by atoms with Crippen LogP contribution in [0.1, 0.15) is 27.8 Å². The highest BCUT2D eigenvalue weighted by Gasteiger charge is 2.34. The van der Waals surface area contributed by atoms with Gasteiger partial charge in [-0.2, -0.15) is 5.10 Å². The van der Waals surface area contributed by atoms with Crippen molar-refractivity contribution in [3.05, 3.63) is 74.6 Å². The van der Waals surface area contributed by atoms with Crippen LogP contribution in [0, 0.1) is 6.92 Å². The van der Waals surface area contributed by atoms with Crippen LogP contribution in [0.15, 0.2) is 64.4 Å². The fraction of sp³-hybridized carbons (Fsp3) is 0.227. The van der Waals surface area contributed by atoms with Gasteiger partial charge in [0.15, 0.2) is 13.2 Å². The summed E-state index contributed by atoms with van der Waals surface area (Å²) in [6, 6.07) is 15.1. The fourth-order valence-corrected chi connectivity index (χ4v) is 4.67. The Balaban J connectivity index is 1.38. The van der Waals surface area contributed by atoms with Crippen LogP contribution in [0.2, 0.25) is 0 Å². The molecule has 0 bridgehead atoms. The van der Waals surface area contributed by atoms with Crippen LogP contribution >= 0.6 is 22.7 Å². The Hall–Kier alpha value is -2.97. The number of hydrogen-bond donors (Lipinski definition) is 0. The Bertz CT molecular complexity index is 1050. The molecule has 1 atom stereocenters. The molecule has 1 amide bonds. The molecule has 3 heterocycles. The topological polar surface area (TPSA) is 68.2 Å². The van der Waals surface area contributed by atoms with Gasteiger partial charge in [-0.1, -0.05) is 30.3 Å². The summed E-state index contributed by atoms with van der Waals surface area (Å²) in [7, 11) is 0. The van der Waals surface area contributed by atoms with Crippen LogP contribution < -0.4 is 4.74 Å². The molecule has 1 aromatic carbocycles. The van der Waals surface area contributed by atoms with Gasteiger partial charge in [-0.05, 0) is 41.4 Å². The first kappa shape index (κ1) is 20.3. The number of para-hydroxylation sites is 1. The van der Waals surface area contributed by atoms with E-state index < -0.39 is 5.97 Å². The highest BCUT2D eigenvalue weighted by atomic mass is 32.1. The molecule has 0 N–H and O–H groups in total. The maximum Gasteiger partial charge on any atom is 0.344 e. The van der Waals surface area contributed by atoms with E-state index in [1.165, 1.54) is 5.01 Å². The van der Waals surface area contributed by atoms with Gasteiger partial charge in [0.05, 0.1) is 16.6 Å². The first-order chi connectivity index (χ1) is 14.6. The third-order valence-electron chi connectivity index (χ3n) is 4.64. The smallest absolute Gasteiger partial charge is 0.344 e. The second-order valence-corrected chi connectivity index (χ2v) is 8.64. The first-order valence-electron chi connectivity index (χ1n) is 9.42. The normalized spacial score (nSPS) is 15.7. The van der Waals surface area contributed by atoms with Crippen LogP contribution in [0.4, 0.5) is 0 Å². The lowest BCUT2D eigenvalue weighted by Crippen LogP contribution is -2.31. The molecule has 30 heavy (non-hydrogen) atoms. The highest BCUT2D eigenvalue weighted by molar-refractivity contribution is 7.12. The third-order valence-corrected chi connectivity index (χ3v) is 6.53. The number of ether oxygens (including phenoxy) is 2. The molecule has 0 saturated heterocycles. The van der Waals surface area contributed by atoms with E-state index >= 15 is 0 Å². The molecule has 1 aliphatic rings. The van der Waals surface area contributed by atoms with Crippen molar-refractivity contribution in [2.45, 2.75) is 19.4 Å². The Morgan fingerprint density at radius 3 is 2.60 bits per heavy atom. The van der Waals surface area contributed by atoms with Crippen molar-refractivity contribution in [1.82, 2.24) is 5.01 Å². The predicted octanol–water partition coefficient (Wildman–Crippen LogP) is 4.42. The van der Waals surface area contributed by atoms with E-state index in [1.807, 2.05) is 60.1 Å². The molecule has 0 fully saturated rings. The van der Waals surface area contributed by atoms with E-state index in [-0.39, 0.29) is 25.2 Å². The predicted molar refractivity (Wildman–Crippen MR) is 117 cm³/mol. The van der Waals surface area contributed by atoms with Gasteiger partial charge in [0.1, 0.15) is 5.75 Å². The Labute approximate surface area is 182 Å². The number of nitrogens with zero attached hydrogens (tertiary/aromatic N) is 2. The quantitative estimate of drug-likeness (QED) is 0.510. The summed E-state index contributed by atoms with van der Waals surface area (Å²) in [6.45, 7) is 1.26. The second-order valence-electron chi connectivity index (χ2n) is 6.71. The molecule has 0 saturated carbocycles. The van der Waals surface area contributed by atoms with Crippen molar-refractivity contribution in [3.8, 4) is 5.75 Å². The molecule has 6 nitrogen and oxygen atoms in total. The summed E-state index contributed by atoms with van der Waals surface area (Å²) < 4.78 is 10.6. The SMILES string of the molecule is Cc1ccccc1OCC(=O)OCC(=O)N1N=C(c2cccs2)CC1c1cccs1. The van der Waals surface area contributed by atoms with Crippen molar-refractivity contribution in [2.75, 3.05) is 13.2 Å². The monoisotopic (exact) mass is 440 g/mol. The van der Waals surface area contributed by atoms with Crippen LogP contribution in [0.3, 0.4) is 0 Å². The third kappa shape index (κ3) is 4.60. The van der Waals surface area contributed by atoms with Gasteiger partial charge >= 0.3 is 5.97 Å². The van der Waals surface area contributed by atoms with Crippen LogP contribution in [-0.2, 0) is 14.3 Å². The minimum atomic E-state index is -0.596. The number of amides is 1. The van der Waals surface area contributed by atoms with Crippen LogP contribution in [-0.4, -0.2) is 35.8 Å². The summed E-state index contributed by atoms with van der Waals surface area (Å²) in [6.07, 6.45) is 0.636. The van der Waals surface area contributed by atoms with Crippen molar-refractivity contribution >= 4 is 40.3 Å². The maximum atomic E-state index is 12.8. The molecule has 154 valence electrons. The summed E-state index contributed by atoms with van der Waals surface area (Å²) in [4.78, 5) is 27.0. The minimum Gasteiger partial charge on any atom is -0.482 e. The molecular formula is C22H20N2O4S2. The molecular weight excluding hydrogens is 420 g/mol. The molecule has 4 rings (SSSR count). The van der Waals surface area contributed by atoms with Crippen LogP contribution in [0.5, 0.6) is 5.75 Å². The maximum absolute atomic E-state index is 12.8. The lowest BCUT2D eigenvalue weighted by atomic mass is 10.1. The number of carbonyl (C=O) groups excluding carboxylic acids is 2. The standard InChI is InChI=1S/C22H20N2O4S2/c1-15-6-2-3-7-18(15)27-14-22(26)28-13-21(25)24-17(20-9-5-11-30-20)12-16(23-24)19-8-4-10-29-19/h2-11,17H,12-14H2,1H3. The molecule has 1 aliphatic heterocycles. The molecule has 3 aromatic rings. The largest absolute Gasteiger partial charge is 0.482 e. The molecule has 2 aromatic heterocycles. The number of benzene rings is 1. The summed E-state index contributed by atoms with van der Waals surface area (Å²) >= 11 is 3.17. The van der Waals surface area contributed by atoms with E-state index in [0.29, 0.717) is 12.2 Å². The van der Waals surface area contributed by atoms with E-state index in [9.17, 15) is 9.59 Å². The number of thiophene rings is 2. The Morgan fingerprint density at radius 1 is 1.07 bits per heavy atom. The average Bonchev–Trinajstić information content (AvgIpc) is 3.51. The van der Waals surface area contributed by atoms with Crippen molar-refractivity contribution in [2.24, 2.45) is 5.10 Å². The first-order valence-corrected chi connectivity index (χ1v) is 11.2. The molecule has 1 unspecified atom stereocenters. The van der Waals surface area contributed by atoms with Crippen molar-refractivity contribution < 1.29 is 19.1 Å². The Kier molecular flexibility index (Phi) is 6.25. The Morgan fingerprint density at radius 2 is 1.87 bits per heavy atom. The average molecular weight is 441 g/mol. The van der Waals surface area contributed by atoms with Crippen molar-refractivity contribution in [3.63, 3.8) is 0 Å². The van der Waals surface area contributed by atoms with Gasteiger partial charge in [-0.25, -0.2) is 9.80 Å². The zero-order valence-corrected chi connectivity index (χ0v) is 17.9. The summed E-state index contributed by atoms with van der Waals surface area (Å²) in [5.74, 6) is -0.339. The van der Waals surface area contributed by atoms with Gasteiger partial charge in [0, 0.05) is 11.3 Å². The number of esters is 1. The minimum absolute atomic E-state index is 0.184. The van der Waals surface area contributed by atoms with E-state index in [2.05, 4.69) is 5.10 Å². The van der Waals surface area contributed by atoms with E-state index in [4.69, 9.17) is 9.47 Å². The van der Waals surface area contributed by atoms with Crippen molar-refractivity contribution in [1.29, 1.82) is 0 Å². The lowest BCUT2D eigenvalue weighted by molar-refractivity contribution is -0.154. The number of aryl methyl sites for hydroxylation is 1. The number of hydrogen-bond acceptors (Lipinski definition) is 7.